The maximum Gasteiger partial charge on any atom is 0.0283 e. The zero-order valence-electron chi connectivity index (χ0n) is 15.8. The molecule has 160 valence electrons. The Morgan fingerprint density at radius 1 is 0.655 bits per heavy atom. The molecule has 0 amide bonds. The summed E-state index contributed by atoms with van der Waals surface area (Å²) in [6.07, 6.45) is 1.89. The van der Waals surface area contributed by atoms with Crippen LogP contribution >= 0.6 is 127 Å². The normalized spacial score (nSPS) is 14.1. The second-order valence-electron chi connectivity index (χ2n) is 7.37. The molecular weight excluding hydrogens is 891 g/mol. The first-order valence-corrected chi connectivity index (χ1v) is 16.1. The van der Waals surface area contributed by atoms with Gasteiger partial charge < -0.3 is 0 Å². The minimum atomic E-state index is -0.153. The largest absolute Gasteiger partial charge is 0.0916 e. The Morgan fingerprint density at radius 2 is 0.931 bits per heavy atom. The summed E-state index contributed by atoms with van der Waals surface area (Å²) in [4.78, 5) is 0.789. The van der Waals surface area contributed by atoms with E-state index in [9.17, 15) is 0 Å². The van der Waals surface area contributed by atoms with E-state index >= 15 is 0 Å². The van der Waals surface area contributed by atoms with Gasteiger partial charge >= 0.3 is 0 Å². The first-order valence-electron chi connectivity index (χ1n) is 8.88. The number of halogens is 8. The second kappa shape index (κ2) is 12.1. The Balaban J connectivity index is 2.45. The highest BCUT2D eigenvalue weighted by Crippen LogP contribution is 2.41. The van der Waals surface area contributed by atoms with Gasteiger partial charge in [-0.3, -0.25) is 0 Å². The molecule has 2 aromatic carbocycles. The van der Waals surface area contributed by atoms with E-state index < -0.39 is 0 Å². The Hall–Kier alpha value is 2.28. The van der Waals surface area contributed by atoms with Gasteiger partial charge in [0.05, 0.1) is 0 Å². The first kappa shape index (κ1) is 27.5. The van der Waals surface area contributed by atoms with Gasteiger partial charge in [-0.1, -0.05) is 141 Å². The molecule has 0 radical (unpaired) electrons. The van der Waals surface area contributed by atoms with E-state index in [1.165, 1.54) is 22.3 Å². The van der Waals surface area contributed by atoms with E-state index in [2.05, 4.69) is 166 Å². The van der Waals surface area contributed by atoms with Crippen molar-refractivity contribution in [3.05, 3.63) is 64.4 Å². The predicted octanol–water partition coefficient (Wildman–Crippen LogP) is 10.5. The maximum absolute atomic E-state index is 3.80. The molecule has 0 N–H and O–H groups in total. The zero-order valence-corrected chi connectivity index (χ0v) is 28.5. The third-order valence-corrected chi connectivity index (χ3v) is 12.3. The van der Waals surface area contributed by atoms with Gasteiger partial charge in [-0.2, -0.15) is 0 Å². The molecular formula is C21H20Br8. The monoisotopic (exact) mass is 904 g/mol. The van der Waals surface area contributed by atoms with Crippen LogP contribution in [0.1, 0.15) is 36.1 Å². The summed E-state index contributed by atoms with van der Waals surface area (Å²) in [5.41, 5.74) is 4.92. The molecule has 0 aromatic heterocycles. The molecule has 0 aliphatic heterocycles. The molecule has 0 fully saturated rings. The predicted molar refractivity (Wildman–Crippen MR) is 156 cm³/mol. The van der Waals surface area contributed by atoms with E-state index in [0.29, 0.717) is 9.65 Å². The molecule has 0 saturated heterocycles. The molecule has 0 aliphatic rings. The van der Waals surface area contributed by atoms with Gasteiger partial charge in [0, 0.05) is 43.6 Å². The fraction of sp³-hybridized carbons (Fsp3) is 0.429. The number of rotatable bonds is 8. The SMILES string of the molecule is CC(C)(c1cc(Br)c(CC(Br)CBr)c(Br)c1)c1cc(Br)c(CC(Br)CBr)c(Br)c1. The third kappa shape index (κ3) is 7.13. The van der Waals surface area contributed by atoms with Crippen molar-refractivity contribution in [3.63, 3.8) is 0 Å². The minimum Gasteiger partial charge on any atom is -0.0916 e. The lowest BCUT2D eigenvalue weighted by molar-refractivity contribution is 0.637. The summed E-state index contributed by atoms with van der Waals surface area (Å²) in [6, 6.07) is 9.01. The number of hydrogen-bond donors (Lipinski definition) is 0. The topological polar surface area (TPSA) is 0 Å². The van der Waals surface area contributed by atoms with Crippen LogP contribution in [0.3, 0.4) is 0 Å². The molecule has 29 heavy (non-hydrogen) atoms. The fourth-order valence-corrected chi connectivity index (χ4v) is 7.16. The quantitative estimate of drug-likeness (QED) is 0.232. The van der Waals surface area contributed by atoms with Crippen LogP contribution in [0.4, 0.5) is 0 Å². The van der Waals surface area contributed by atoms with Gasteiger partial charge in [-0.05, 0) is 59.4 Å². The highest BCUT2D eigenvalue weighted by molar-refractivity contribution is 9.12. The lowest BCUT2D eigenvalue weighted by Crippen LogP contribution is -2.20. The number of alkyl halides is 4. The Kier molecular flexibility index (Phi) is 11.5. The van der Waals surface area contributed by atoms with Crippen molar-refractivity contribution in [1.82, 2.24) is 0 Å². The third-order valence-electron chi connectivity index (χ3n) is 4.91. The molecule has 0 nitrogen and oxygen atoms in total. The van der Waals surface area contributed by atoms with E-state index in [4.69, 9.17) is 0 Å². The van der Waals surface area contributed by atoms with Gasteiger partial charge in [0.25, 0.3) is 0 Å². The van der Waals surface area contributed by atoms with Crippen LogP contribution in [0.5, 0.6) is 0 Å². The van der Waals surface area contributed by atoms with Gasteiger partial charge in [0.1, 0.15) is 0 Å². The molecule has 2 atom stereocenters. The smallest absolute Gasteiger partial charge is 0.0283 e. The van der Waals surface area contributed by atoms with Gasteiger partial charge in [-0.15, -0.1) is 0 Å². The summed E-state index contributed by atoms with van der Waals surface area (Å²) in [7, 11) is 0. The van der Waals surface area contributed by atoms with Crippen molar-refractivity contribution < 1.29 is 0 Å². The maximum atomic E-state index is 3.80. The van der Waals surface area contributed by atoms with Crippen LogP contribution in [0.2, 0.25) is 0 Å². The minimum absolute atomic E-state index is 0.153. The molecule has 2 rings (SSSR count). The van der Waals surface area contributed by atoms with Crippen LogP contribution in [-0.4, -0.2) is 20.3 Å². The molecule has 2 unspecified atom stereocenters. The summed E-state index contributed by atoms with van der Waals surface area (Å²) in [5, 5.41) is 1.83. The van der Waals surface area contributed by atoms with Gasteiger partial charge in [0.2, 0.25) is 0 Å². The number of benzene rings is 2. The standard InChI is InChI=1S/C21H20Br8/c1-21(2,11-3-17(26)15(18(27)4-11)7-13(24)9-22)12-5-19(28)16(20(29)6-12)8-14(25)10-23/h3-6,13-14H,7-10H2,1-2H3. The lowest BCUT2D eigenvalue weighted by Gasteiger charge is -2.29. The van der Waals surface area contributed by atoms with E-state index in [1.54, 1.807) is 0 Å². The first-order chi connectivity index (χ1) is 13.5. The van der Waals surface area contributed by atoms with Crippen molar-refractivity contribution >= 4 is 127 Å². The van der Waals surface area contributed by atoms with Gasteiger partial charge in [-0.25, -0.2) is 0 Å². The van der Waals surface area contributed by atoms with Gasteiger partial charge in [0.15, 0.2) is 0 Å². The van der Waals surface area contributed by atoms with E-state index in [1.807, 2.05) is 0 Å². The summed E-state index contributed by atoms with van der Waals surface area (Å²) < 4.78 is 4.54. The average molecular weight is 912 g/mol. The van der Waals surface area contributed by atoms with Crippen molar-refractivity contribution in [1.29, 1.82) is 0 Å². The molecule has 0 bridgehead atoms. The molecule has 0 heterocycles. The summed E-state index contributed by atoms with van der Waals surface area (Å²) in [6.45, 7) is 4.54. The highest BCUT2D eigenvalue weighted by Gasteiger charge is 2.27. The fourth-order valence-electron chi connectivity index (χ4n) is 3.04. The zero-order chi connectivity index (χ0) is 21.9. The summed E-state index contributed by atoms with van der Waals surface area (Å²) >= 11 is 29.7. The Bertz CT molecular complexity index is 746. The second-order valence-corrected chi connectivity index (χ2v) is 14.7. The van der Waals surface area contributed by atoms with Crippen molar-refractivity contribution in [2.24, 2.45) is 0 Å². The molecule has 0 spiro atoms. The Labute approximate surface area is 241 Å². The lowest BCUT2D eigenvalue weighted by atomic mass is 9.77. The highest BCUT2D eigenvalue weighted by atomic mass is 79.9. The molecule has 0 saturated carbocycles. The van der Waals surface area contributed by atoms with Crippen LogP contribution in [0, 0.1) is 0 Å². The Morgan fingerprint density at radius 3 is 1.17 bits per heavy atom. The van der Waals surface area contributed by atoms with Crippen LogP contribution in [-0.2, 0) is 18.3 Å². The number of hydrogen-bond acceptors (Lipinski definition) is 0. The van der Waals surface area contributed by atoms with Crippen molar-refractivity contribution in [2.75, 3.05) is 10.7 Å². The van der Waals surface area contributed by atoms with Crippen molar-refractivity contribution in [3.8, 4) is 0 Å². The van der Waals surface area contributed by atoms with Crippen LogP contribution in [0.15, 0.2) is 42.2 Å². The average Bonchev–Trinajstić information content (AvgIpc) is 2.66. The summed E-state index contributed by atoms with van der Waals surface area (Å²) in [5.74, 6) is 0. The van der Waals surface area contributed by atoms with Crippen molar-refractivity contribution in [2.45, 2.75) is 41.8 Å². The van der Waals surface area contributed by atoms with E-state index in [-0.39, 0.29) is 5.41 Å². The molecule has 2 aromatic rings. The molecule has 8 heteroatoms. The van der Waals surface area contributed by atoms with E-state index in [0.717, 1.165) is 41.4 Å². The molecule has 0 aliphatic carbocycles. The van der Waals surface area contributed by atoms with Crippen LogP contribution < -0.4 is 0 Å². The van der Waals surface area contributed by atoms with Crippen LogP contribution in [0.25, 0.3) is 0 Å².